The SMILES string of the molecule is C#CC.Cc1ccc(Cn2nc3n(c2=O)[C@H](C(=O)N2CCCC2)CCC3)cc1. The van der Waals surface area contributed by atoms with Crippen molar-refractivity contribution in [3.63, 3.8) is 0 Å². The second-order valence-corrected chi connectivity index (χ2v) is 7.44. The van der Waals surface area contributed by atoms with E-state index in [0.29, 0.717) is 6.54 Å². The number of hydrogen-bond acceptors (Lipinski definition) is 3. The van der Waals surface area contributed by atoms with E-state index in [4.69, 9.17) is 0 Å². The number of amides is 1. The molecule has 1 atom stereocenters. The molecule has 0 spiro atoms. The zero-order valence-electron chi connectivity index (χ0n) is 16.7. The second kappa shape index (κ2) is 8.92. The third-order valence-corrected chi connectivity index (χ3v) is 5.29. The molecule has 1 saturated heterocycles. The van der Waals surface area contributed by atoms with Gasteiger partial charge in [0.15, 0.2) is 0 Å². The summed E-state index contributed by atoms with van der Waals surface area (Å²) in [5, 5.41) is 4.52. The quantitative estimate of drug-likeness (QED) is 0.769. The van der Waals surface area contributed by atoms with E-state index in [9.17, 15) is 9.59 Å². The highest BCUT2D eigenvalue weighted by Crippen LogP contribution is 2.25. The Bertz CT molecular complexity index is 911. The fourth-order valence-corrected chi connectivity index (χ4v) is 3.88. The van der Waals surface area contributed by atoms with Gasteiger partial charge in [0.1, 0.15) is 11.9 Å². The first-order valence-electron chi connectivity index (χ1n) is 9.95. The molecule has 28 heavy (non-hydrogen) atoms. The van der Waals surface area contributed by atoms with Crippen LogP contribution in [-0.4, -0.2) is 38.2 Å². The highest BCUT2D eigenvalue weighted by atomic mass is 16.2. The van der Waals surface area contributed by atoms with Crippen LogP contribution in [0.1, 0.15) is 55.6 Å². The minimum absolute atomic E-state index is 0.0930. The van der Waals surface area contributed by atoms with Crippen molar-refractivity contribution in [1.82, 2.24) is 19.2 Å². The molecule has 4 rings (SSSR count). The Morgan fingerprint density at radius 1 is 1.21 bits per heavy atom. The average molecular weight is 380 g/mol. The molecule has 2 aromatic rings. The number of aryl methyl sites for hydroxylation is 2. The Morgan fingerprint density at radius 2 is 1.86 bits per heavy atom. The minimum Gasteiger partial charge on any atom is -0.341 e. The van der Waals surface area contributed by atoms with Crippen LogP contribution >= 0.6 is 0 Å². The lowest BCUT2D eigenvalue weighted by Crippen LogP contribution is -2.41. The number of fused-ring (bicyclic) bond motifs is 1. The van der Waals surface area contributed by atoms with E-state index >= 15 is 0 Å². The zero-order chi connectivity index (χ0) is 20.1. The molecule has 0 saturated carbocycles. The molecule has 0 aliphatic carbocycles. The van der Waals surface area contributed by atoms with E-state index in [1.54, 1.807) is 11.5 Å². The smallest absolute Gasteiger partial charge is 0.341 e. The monoisotopic (exact) mass is 380 g/mol. The van der Waals surface area contributed by atoms with Crippen LogP contribution in [-0.2, 0) is 17.8 Å². The van der Waals surface area contributed by atoms with Crippen LogP contribution in [0.15, 0.2) is 29.1 Å². The van der Waals surface area contributed by atoms with Crippen LogP contribution in [0.2, 0.25) is 0 Å². The lowest BCUT2D eigenvalue weighted by atomic mass is 10.0. The summed E-state index contributed by atoms with van der Waals surface area (Å²) in [6, 6.07) is 7.74. The van der Waals surface area contributed by atoms with Crippen LogP contribution in [0.3, 0.4) is 0 Å². The maximum absolute atomic E-state index is 12.9. The van der Waals surface area contributed by atoms with Gasteiger partial charge in [-0.3, -0.25) is 9.36 Å². The number of likely N-dealkylation sites (tertiary alicyclic amines) is 1. The third-order valence-electron chi connectivity index (χ3n) is 5.29. The molecule has 1 amide bonds. The number of aromatic nitrogens is 3. The fourth-order valence-electron chi connectivity index (χ4n) is 3.88. The topological polar surface area (TPSA) is 60.1 Å². The highest BCUT2D eigenvalue weighted by molar-refractivity contribution is 5.80. The van der Waals surface area contributed by atoms with Crippen molar-refractivity contribution >= 4 is 5.91 Å². The summed E-state index contributed by atoms with van der Waals surface area (Å²) in [7, 11) is 0. The lowest BCUT2D eigenvalue weighted by Gasteiger charge is -2.27. The molecule has 2 aliphatic heterocycles. The first-order chi connectivity index (χ1) is 13.5. The van der Waals surface area contributed by atoms with E-state index in [1.165, 1.54) is 10.2 Å². The van der Waals surface area contributed by atoms with Gasteiger partial charge >= 0.3 is 5.69 Å². The van der Waals surface area contributed by atoms with Crippen LogP contribution in [0, 0.1) is 19.3 Å². The van der Waals surface area contributed by atoms with Crippen LogP contribution < -0.4 is 5.69 Å². The van der Waals surface area contributed by atoms with Gasteiger partial charge in [0.05, 0.1) is 6.54 Å². The fraction of sp³-hybridized carbons (Fsp3) is 0.500. The number of benzene rings is 1. The van der Waals surface area contributed by atoms with E-state index in [2.05, 4.69) is 17.4 Å². The van der Waals surface area contributed by atoms with Gasteiger partial charge in [-0.15, -0.1) is 12.3 Å². The summed E-state index contributed by atoms with van der Waals surface area (Å²) in [5.74, 6) is 3.09. The van der Waals surface area contributed by atoms with Gasteiger partial charge in [0, 0.05) is 19.5 Å². The number of carbonyl (C=O) groups is 1. The van der Waals surface area contributed by atoms with E-state index in [-0.39, 0.29) is 17.6 Å². The van der Waals surface area contributed by atoms with Crippen molar-refractivity contribution in [2.75, 3.05) is 13.1 Å². The van der Waals surface area contributed by atoms with Gasteiger partial charge < -0.3 is 4.90 Å². The Hall–Kier alpha value is -2.81. The molecule has 148 valence electrons. The number of rotatable bonds is 3. The van der Waals surface area contributed by atoms with Crippen molar-refractivity contribution in [3.8, 4) is 12.3 Å². The molecule has 6 nitrogen and oxygen atoms in total. The maximum Gasteiger partial charge on any atom is 0.346 e. The van der Waals surface area contributed by atoms with Crippen molar-refractivity contribution < 1.29 is 4.79 Å². The summed E-state index contributed by atoms with van der Waals surface area (Å²) in [6.45, 7) is 5.78. The van der Waals surface area contributed by atoms with E-state index in [1.807, 2.05) is 36.1 Å². The van der Waals surface area contributed by atoms with Crippen LogP contribution in [0.25, 0.3) is 0 Å². The molecule has 0 unspecified atom stereocenters. The maximum atomic E-state index is 12.9. The summed E-state index contributed by atoms with van der Waals surface area (Å²) in [5.41, 5.74) is 2.08. The van der Waals surface area contributed by atoms with Crippen molar-refractivity contribution in [1.29, 1.82) is 0 Å². The van der Waals surface area contributed by atoms with Gasteiger partial charge in [-0.1, -0.05) is 29.8 Å². The van der Waals surface area contributed by atoms with E-state index < -0.39 is 0 Å². The second-order valence-electron chi connectivity index (χ2n) is 7.44. The molecule has 1 aromatic carbocycles. The molecule has 1 fully saturated rings. The third kappa shape index (κ3) is 4.19. The first kappa shape index (κ1) is 19.9. The predicted octanol–water partition coefficient (Wildman–Crippen LogP) is 2.54. The molecule has 0 N–H and O–H groups in total. The summed E-state index contributed by atoms with van der Waals surface area (Å²) < 4.78 is 3.16. The molecular formula is C22H28N4O2. The number of hydrogen-bond donors (Lipinski definition) is 0. The number of terminal acetylenes is 1. The van der Waals surface area contributed by atoms with Gasteiger partial charge in [-0.05, 0) is 45.1 Å². The zero-order valence-corrected chi connectivity index (χ0v) is 16.7. The average Bonchev–Trinajstić information content (AvgIpc) is 3.33. The summed E-state index contributed by atoms with van der Waals surface area (Å²) >= 11 is 0. The Balaban J connectivity index is 0.000000706. The molecule has 3 heterocycles. The first-order valence-corrected chi connectivity index (χ1v) is 9.95. The number of nitrogens with zero attached hydrogens (tertiary/aromatic N) is 4. The van der Waals surface area contributed by atoms with Gasteiger partial charge in [0.25, 0.3) is 0 Å². The number of carbonyl (C=O) groups excluding carboxylic acids is 1. The van der Waals surface area contributed by atoms with Gasteiger partial charge in [-0.25, -0.2) is 9.48 Å². The normalized spacial score (nSPS) is 18.0. The van der Waals surface area contributed by atoms with Crippen LogP contribution in [0.5, 0.6) is 0 Å². The molecule has 0 radical (unpaired) electrons. The highest BCUT2D eigenvalue weighted by Gasteiger charge is 2.34. The van der Waals surface area contributed by atoms with Crippen molar-refractivity contribution in [2.45, 2.75) is 58.5 Å². The molecular weight excluding hydrogens is 352 g/mol. The largest absolute Gasteiger partial charge is 0.346 e. The molecule has 0 bridgehead atoms. The molecule has 2 aliphatic rings. The lowest BCUT2D eigenvalue weighted by molar-refractivity contribution is -0.134. The Morgan fingerprint density at radius 3 is 2.50 bits per heavy atom. The summed E-state index contributed by atoms with van der Waals surface area (Å²) in [4.78, 5) is 27.7. The Labute approximate surface area is 166 Å². The minimum atomic E-state index is -0.374. The van der Waals surface area contributed by atoms with Gasteiger partial charge in [-0.2, -0.15) is 5.10 Å². The Kier molecular flexibility index (Phi) is 6.35. The van der Waals surface area contributed by atoms with Crippen molar-refractivity contribution in [2.24, 2.45) is 0 Å². The predicted molar refractivity (Wildman–Crippen MR) is 109 cm³/mol. The van der Waals surface area contributed by atoms with Gasteiger partial charge in [0.2, 0.25) is 5.91 Å². The molecule has 1 aromatic heterocycles. The van der Waals surface area contributed by atoms with Crippen molar-refractivity contribution in [3.05, 3.63) is 51.7 Å². The van der Waals surface area contributed by atoms with E-state index in [0.717, 1.165) is 56.6 Å². The standard InChI is InChI=1S/C19H24N4O2.C3H4/c1-14-7-9-15(10-8-14)13-22-19(25)23-16(5-4-6-17(23)20-22)18(24)21-11-2-3-12-21;1-3-2/h7-10,16H,2-6,11-13H2,1H3;1H,2H3/t16-;/m0./s1. The summed E-state index contributed by atoms with van der Waals surface area (Å²) in [6.07, 6.45) is 9.13. The van der Waals surface area contributed by atoms with Crippen LogP contribution in [0.4, 0.5) is 0 Å². The molecule has 6 heteroatoms.